The fraction of sp³-hybridized carbons (Fsp3) is 0.250. The molecule has 2 heterocycles. The highest BCUT2D eigenvalue weighted by Gasteiger charge is 2.04. The Labute approximate surface area is 118 Å². The smallest absolute Gasteiger partial charge is 0.0705 e. The van der Waals surface area contributed by atoms with Crippen LogP contribution in [0.1, 0.15) is 12.6 Å². The van der Waals surface area contributed by atoms with E-state index in [1.807, 2.05) is 35.1 Å². The van der Waals surface area contributed by atoms with Crippen molar-refractivity contribution in [1.82, 2.24) is 20.1 Å². The lowest BCUT2D eigenvalue weighted by atomic mass is 10.2. The molecule has 1 unspecified atom stereocenters. The summed E-state index contributed by atoms with van der Waals surface area (Å²) in [7, 11) is 0. The zero-order valence-corrected chi connectivity index (χ0v) is 11.5. The average Bonchev–Trinajstić information content (AvgIpc) is 2.98. The van der Waals surface area contributed by atoms with Crippen LogP contribution in [-0.4, -0.2) is 20.8 Å². The summed E-state index contributed by atoms with van der Waals surface area (Å²) in [5, 5.41) is 8.87. The van der Waals surface area contributed by atoms with Crippen LogP contribution in [0.25, 0.3) is 10.9 Å². The molecule has 0 fully saturated rings. The lowest BCUT2D eigenvalue weighted by molar-refractivity contribution is 0.449. The molecular weight excluding hydrogens is 248 g/mol. The van der Waals surface area contributed by atoms with E-state index in [2.05, 4.69) is 40.5 Å². The molecule has 3 aromatic rings. The first-order chi connectivity index (χ1) is 9.81. The van der Waals surface area contributed by atoms with Gasteiger partial charge in [0.05, 0.1) is 17.8 Å². The minimum Gasteiger partial charge on any atom is -0.307 e. The predicted molar refractivity (Wildman–Crippen MR) is 80.3 cm³/mol. The molecule has 1 aromatic carbocycles. The lowest BCUT2D eigenvalue weighted by Crippen LogP contribution is -2.30. The third-order valence-corrected chi connectivity index (χ3v) is 3.31. The largest absolute Gasteiger partial charge is 0.307 e. The van der Waals surface area contributed by atoms with Crippen molar-refractivity contribution in [3.63, 3.8) is 0 Å². The van der Waals surface area contributed by atoms with Crippen LogP contribution in [0.15, 0.2) is 54.9 Å². The van der Waals surface area contributed by atoms with Gasteiger partial charge in [-0.2, -0.15) is 5.10 Å². The zero-order chi connectivity index (χ0) is 13.8. The first kappa shape index (κ1) is 12.8. The van der Waals surface area contributed by atoms with Gasteiger partial charge in [-0.1, -0.05) is 24.3 Å². The van der Waals surface area contributed by atoms with Gasteiger partial charge in [-0.05, 0) is 25.1 Å². The maximum Gasteiger partial charge on any atom is 0.0705 e. The van der Waals surface area contributed by atoms with Crippen LogP contribution < -0.4 is 5.32 Å². The van der Waals surface area contributed by atoms with Gasteiger partial charge >= 0.3 is 0 Å². The lowest BCUT2D eigenvalue weighted by Gasteiger charge is -2.13. The van der Waals surface area contributed by atoms with Crippen LogP contribution in [0.3, 0.4) is 0 Å². The number of nitrogens with zero attached hydrogens (tertiary/aromatic N) is 3. The van der Waals surface area contributed by atoms with E-state index in [9.17, 15) is 0 Å². The second kappa shape index (κ2) is 5.84. The Balaban J connectivity index is 1.61. The van der Waals surface area contributed by atoms with Gasteiger partial charge in [0.15, 0.2) is 0 Å². The Morgan fingerprint density at radius 1 is 1.15 bits per heavy atom. The highest BCUT2D eigenvalue weighted by molar-refractivity contribution is 5.78. The van der Waals surface area contributed by atoms with Gasteiger partial charge in [0, 0.05) is 30.4 Å². The molecule has 0 radical (unpaired) electrons. The fourth-order valence-corrected chi connectivity index (χ4v) is 2.24. The van der Waals surface area contributed by atoms with E-state index in [-0.39, 0.29) is 0 Å². The summed E-state index contributed by atoms with van der Waals surface area (Å²) in [5.74, 6) is 0. The maximum atomic E-state index is 4.66. The maximum absolute atomic E-state index is 4.66. The Kier molecular flexibility index (Phi) is 3.74. The first-order valence-electron chi connectivity index (χ1n) is 6.87. The zero-order valence-electron chi connectivity index (χ0n) is 11.5. The van der Waals surface area contributed by atoms with E-state index in [1.165, 1.54) is 5.39 Å². The van der Waals surface area contributed by atoms with E-state index in [1.54, 1.807) is 6.20 Å². The summed E-state index contributed by atoms with van der Waals surface area (Å²) in [6.45, 7) is 3.79. The summed E-state index contributed by atoms with van der Waals surface area (Å²) in [4.78, 5) is 4.66. The molecule has 4 nitrogen and oxygen atoms in total. The predicted octanol–water partition coefficient (Wildman–Crippen LogP) is 2.61. The monoisotopic (exact) mass is 266 g/mol. The molecule has 0 aliphatic heterocycles. The number of pyridine rings is 1. The number of para-hydroxylation sites is 1. The van der Waals surface area contributed by atoms with Crippen LogP contribution in [0, 0.1) is 0 Å². The van der Waals surface area contributed by atoms with Gasteiger partial charge in [-0.25, -0.2) is 0 Å². The molecule has 1 atom stereocenters. The Hall–Kier alpha value is -2.20. The number of hydrogen-bond donors (Lipinski definition) is 1. The molecule has 3 rings (SSSR count). The molecule has 1 N–H and O–H groups in total. The summed E-state index contributed by atoms with van der Waals surface area (Å²) in [6, 6.07) is 14.7. The number of nitrogens with one attached hydrogen (secondary N) is 1. The van der Waals surface area contributed by atoms with Gasteiger partial charge in [0.25, 0.3) is 0 Å². The molecule has 0 aliphatic carbocycles. The van der Waals surface area contributed by atoms with Crippen LogP contribution in [0.5, 0.6) is 0 Å². The highest BCUT2D eigenvalue weighted by Crippen LogP contribution is 2.11. The van der Waals surface area contributed by atoms with E-state index in [0.29, 0.717) is 6.04 Å². The van der Waals surface area contributed by atoms with Crippen LogP contribution >= 0.6 is 0 Å². The quantitative estimate of drug-likeness (QED) is 0.772. The van der Waals surface area contributed by atoms with E-state index >= 15 is 0 Å². The average molecular weight is 266 g/mol. The summed E-state index contributed by atoms with van der Waals surface area (Å²) in [6.07, 6.45) is 3.78. The highest BCUT2D eigenvalue weighted by atomic mass is 15.3. The van der Waals surface area contributed by atoms with Crippen LogP contribution in [-0.2, 0) is 13.1 Å². The van der Waals surface area contributed by atoms with E-state index < -0.39 is 0 Å². The van der Waals surface area contributed by atoms with Gasteiger partial charge in [0.1, 0.15) is 0 Å². The van der Waals surface area contributed by atoms with Crippen molar-refractivity contribution in [2.45, 2.75) is 26.1 Å². The van der Waals surface area contributed by atoms with Crippen LogP contribution in [0.4, 0.5) is 0 Å². The SMILES string of the molecule is CC(Cn1cccn1)NCc1ccc2ccccc2n1. The third kappa shape index (κ3) is 3.03. The Morgan fingerprint density at radius 2 is 2.05 bits per heavy atom. The van der Waals surface area contributed by atoms with Crippen molar-refractivity contribution in [1.29, 1.82) is 0 Å². The van der Waals surface area contributed by atoms with Gasteiger partial charge in [0.2, 0.25) is 0 Å². The van der Waals surface area contributed by atoms with E-state index in [4.69, 9.17) is 0 Å². The minimum absolute atomic E-state index is 0.350. The summed E-state index contributed by atoms with van der Waals surface area (Å²) >= 11 is 0. The summed E-state index contributed by atoms with van der Waals surface area (Å²) < 4.78 is 1.94. The second-order valence-electron chi connectivity index (χ2n) is 5.01. The van der Waals surface area contributed by atoms with Crippen molar-refractivity contribution in [3.8, 4) is 0 Å². The molecule has 0 amide bonds. The standard InChI is InChI=1S/C16H18N4/c1-13(12-20-10-4-9-18-20)17-11-15-8-7-14-5-2-3-6-16(14)19-15/h2-10,13,17H,11-12H2,1H3. The molecule has 4 heteroatoms. The molecule has 0 bridgehead atoms. The third-order valence-electron chi connectivity index (χ3n) is 3.31. The number of aromatic nitrogens is 3. The van der Waals surface area contributed by atoms with Gasteiger partial charge in [-0.3, -0.25) is 9.67 Å². The van der Waals surface area contributed by atoms with E-state index in [0.717, 1.165) is 24.3 Å². The Bertz CT molecular complexity index is 676. The van der Waals surface area contributed by atoms with Crippen molar-refractivity contribution in [2.75, 3.05) is 0 Å². The Morgan fingerprint density at radius 3 is 2.90 bits per heavy atom. The molecule has 0 saturated heterocycles. The van der Waals surface area contributed by atoms with Crippen molar-refractivity contribution in [2.24, 2.45) is 0 Å². The second-order valence-corrected chi connectivity index (χ2v) is 5.01. The molecule has 0 saturated carbocycles. The molecule has 0 aliphatic rings. The molecule has 0 spiro atoms. The number of benzene rings is 1. The van der Waals surface area contributed by atoms with Crippen molar-refractivity contribution >= 4 is 10.9 Å². The molecule has 20 heavy (non-hydrogen) atoms. The van der Waals surface area contributed by atoms with Crippen LogP contribution in [0.2, 0.25) is 0 Å². The van der Waals surface area contributed by atoms with Gasteiger partial charge < -0.3 is 5.32 Å². The fourth-order valence-electron chi connectivity index (χ4n) is 2.24. The van der Waals surface area contributed by atoms with Crippen molar-refractivity contribution < 1.29 is 0 Å². The topological polar surface area (TPSA) is 42.7 Å². The van der Waals surface area contributed by atoms with Gasteiger partial charge in [-0.15, -0.1) is 0 Å². The molecule has 2 aromatic heterocycles. The number of rotatable bonds is 5. The van der Waals surface area contributed by atoms with Crippen molar-refractivity contribution in [3.05, 3.63) is 60.6 Å². The summed E-state index contributed by atoms with van der Waals surface area (Å²) in [5.41, 5.74) is 2.11. The normalized spacial score (nSPS) is 12.7. The number of fused-ring (bicyclic) bond motifs is 1. The minimum atomic E-state index is 0.350. The number of hydrogen-bond acceptors (Lipinski definition) is 3. The molecule has 102 valence electrons. The molecular formula is C16H18N4. The first-order valence-corrected chi connectivity index (χ1v) is 6.87.